The van der Waals surface area contributed by atoms with Crippen molar-refractivity contribution in [1.82, 2.24) is 4.90 Å². The third kappa shape index (κ3) is 5.20. The number of hydrogen-bond donors (Lipinski definition) is 0. The first kappa shape index (κ1) is 21.0. The van der Waals surface area contributed by atoms with Gasteiger partial charge in [0.2, 0.25) is 0 Å². The number of alkyl halides is 3. The maximum Gasteiger partial charge on any atom is 0.391 e. The molecule has 0 unspecified atom stereocenters. The normalized spacial score (nSPS) is 16.2. The van der Waals surface area contributed by atoms with Gasteiger partial charge in [0.25, 0.3) is 0 Å². The van der Waals surface area contributed by atoms with Gasteiger partial charge in [-0.15, -0.1) is 0 Å². The number of likely N-dealkylation sites (tertiary alicyclic amines) is 1. The van der Waals surface area contributed by atoms with Crippen LogP contribution in [0.3, 0.4) is 0 Å². The zero-order valence-electron chi connectivity index (χ0n) is 15.6. The predicted octanol–water partition coefficient (Wildman–Crippen LogP) is 5.81. The van der Waals surface area contributed by atoms with E-state index in [9.17, 15) is 13.2 Å². The van der Waals surface area contributed by atoms with Crippen LogP contribution in [0.4, 0.5) is 13.2 Å². The molecule has 0 radical (unpaired) electrons. The molecule has 0 atom stereocenters. The van der Waals surface area contributed by atoms with Crippen LogP contribution in [0.15, 0.2) is 46.9 Å². The largest absolute Gasteiger partial charge is 0.493 e. The fourth-order valence-electron chi connectivity index (χ4n) is 3.39. The lowest BCUT2D eigenvalue weighted by atomic mass is 9.96. The second-order valence-corrected chi connectivity index (χ2v) is 7.73. The number of methoxy groups -OCH3 is 1. The fourth-order valence-corrected chi connectivity index (χ4v) is 3.95. The second-order valence-electron chi connectivity index (χ2n) is 6.94. The van der Waals surface area contributed by atoms with E-state index in [4.69, 9.17) is 9.47 Å². The number of halogens is 4. The molecule has 0 aromatic heterocycles. The highest BCUT2D eigenvalue weighted by molar-refractivity contribution is 9.10. The molecule has 1 aliphatic heterocycles. The quantitative estimate of drug-likeness (QED) is 0.546. The summed E-state index contributed by atoms with van der Waals surface area (Å²) in [6.07, 6.45) is -3.80. The standard InChI is InChI=1S/C21H23BrF3NO2/c1-27-18-8-7-16(13-26-11-9-17(10-12-26)21(23,24)25)19(22)20(18)28-14-15-5-3-2-4-6-15/h2-8,17H,9-14H2,1H3. The lowest BCUT2D eigenvalue weighted by Crippen LogP contribution is -2.38. The average molecular weight is 458 g/mol. The summed E-state index contributed by atoms with van der Waals surface area (Å²) in [5, 5.41) is 0. The summed E-state index contributed by atoms with van der Waals surface area (Å²) in [6, 6.07) is 13.6. The first-order chi connectivity index (χ1) is 13.4. The van der Waals surface area contributed by atoms with Gasteiger partial charge in [-0.3, -0.25) is 4.90 Å². The van der Waals surface area contributed by atoms with Crippen molar-refractivity contribution in [1.29, 1.82) is 0 Å². The van der Waals surface area contributed by atoms with Gasteiger partial charge in [0.05, 0.1) is 17.5 Å². The molecule has 0 saturated carbocycles. The Morgan fingerprint density at radius 3 is 2.36 bits per heavy atom. The molecule has 0 N–H and O–H groups in total. The van der Waals surface area contributed by atoms with E-state index in [1.807, 2.05) is 42.5 Å². The molecular weight excluding hydrogens is 435 g/mol. The Bertz CT molecular complexity index is 775. The first-order valence-electron chi connectivity index (χ1n) is 9.19. The van der Waals surface area contributed by atoms with E-state index in [1.165, 1.54) is 0 Å². The fraction of sp³-hybridized carbons (Fsp3) is 0.429. The van der Waals surface area contributed by atoms with Crippen molar-refractivity contribution in [3.8, 4) is 11.5 Å². The van der Waals surface area contributed by atoms with Crippen LogP contribution in [-0.2, 0) is 13.2 Å². The Morgan fingerprint density at radius 2 is 1.75 bits per heavy atom. The molecule has 1 heterocycles. The van der Waals surface area contributed by atoms with Crippen LogP contribution in [-0.4, -0.2) is 31.3 Å². The SMILES string of the molecule is COc1ccc(CN2CCC(C(F)(F)F)CC2)c(Br)c1OCc1ccccc1. The molecule has 28 heavy (non-hydrogen) atoms. The Balaban J connectivity index is 1.69. The summed E-state index contributed by atoms with van der Waals surface area (Å²) in [5.74, 6) is 0.0317. The van der Waals surface area contributed by atoms with Crippen LogP contribution >= 0.6 is 15.9 Å². The van der Waals surface area contributed by atoms with Crippen LogP contribution in [0.2, 0.25) is 0 Å². The maximum absolute atomic E-state index is 12.9. The molecule has 2 aromatic carbocycles. The number of ether oxygens (including phenoxy) is 2. The molecule has 3 rings (SSSR count). The third-order valence-electron chi connectivity index (χ3n) is 5.03. The zero-order chi connectivity index (χ0) is 20.1. The van der Waals surface area contributed by atoms with Crippen molar-refractivity contribution in [3.05, 3.63) is 58.1 Å². The molecule has 7 heteroatoms. The molecule has 1 aliphatic rings. The number of piperidine rings is 1. The molecule has 152 valence electrons. The number of rotatable bonds is 6. The third-order valence-corrected chi connectivity index (χ3v) is 5.90. The van der Waals surface area contributed by atoms with Gasteiger partial charge in [-0.25, -0.2) is 0 Å². The second kappa shape index (κ2) is 9.18. The summed E-state index contributed by atoms with van der Waals surface area (Å²) in [7, 11) is 1.58. The van der Waals surface area contributed by atoms with E-state index >= 15 is 0 Å². The topological polar surface area (TPSA) is 21.7 Å². The van der Waals surface area contributed by atoms with Crippen LogP contribution in [0.5, 0.6) is 11.5 Å². The lowest BCUT2D eigenvalue weighted by molar-refractivity contribution is -0.185. The van der Waals surface area contributed by atoms with E-state index in [0.29, 0.717) is 37.7 Å². The minimum absolute atomic E-state index is 0.147. The molecule has 0 bridgehead atoms. The molecule has 1 saturated heterocycles. The van der Waals surface area contributed by atoms with Crippen LogP contribution in [0.1, 0.15) is 24.0 Å². The van der Waals surface area contributed by atoms with Gasteiger partial charge in [-0.1, -0.05) is 36.4 Å². The maximum atomic E-state index is 12.9. The van der Waals surface area contributed by atoms with E-state index in [2.05, 4.69) is 20.8 Å². The number of hydrogen-bond acceptors (Lipinski definition) is 3. The van der Waals surface area contributed by atoms with Gasteiger partial charge >= 0.3 is 6.18 Å². The predicted molar refractivity (Wildman–Crippen MR) is 106 cm³/mol. The lowest BCUT2D eigenvalue weighted by Gasteiger charge is -2.33. The van der Waals surface area contributed by atoms with E-state index < -0.39 is 12.1 Å². The first-order valence-corrected chi connectivity index (χ1v) is 9.99. The van der Waals surface area contributed by atoms with Gasteiger partial charge in [-0.2, -0.15) is 13.2 Å². The minimum Gasteiger partial charge on any atom is -0.493 e. The smallest absolute Gasteiger partial charge is 0.391 e. The highest BCUT2D eigenvalue weighted by Crippen LogP contribution is 2.40. The van der Waals surface area contributed by atoms with Crippen LogP contribution in [0, 0.1) is 5.92 Å². The molecule has 1 fully saturated rings. The van der Waals surface area contributed by atoms with E-state index in [1.54, 1.807) is 7.11 Å². The van der Waals surface area contributed by atoms with Gasteiger partial charge in [0.1, 0.15) is 6.61 Å². The minimum atomic E-state index is -4.09. The van der Waals surface area contributed by atoms with E-state index in [0.717, 1.165) is 15.6 Å². The van der Waals surface area contributed by atoms with Crippen molar-refractivity contribution in [2.75, 3.05) is 20.2 Å². The Labute approximate surface area is 171 Å². The Hall–Kier alpha value is -1.73. The van der Waals surface area contributed by atoms with Gasteiger partial charge in [0, 0.05) is 6.54 Å². The van der Waals surface area contributed by atoms with E-state index in [-0.39, 0.29) is 12.8 Å². The van der Waals surface area contributed by atoms with Gasteiger partial charge < -0.3 is 9.47 Å². The van der Waals surface area contributed by atoms with Crippen molar-refractivity contribution >= 4 is 15.9 Å². The van der Waals surface area contributed by atoms with Gasteiger partial charge in [0.15, 0.2) is 11.5 Å². The number of benzene rings is 2. The highest BCUT2D eigenvalue weighted by atomic mass is 79.9. The number of nitrogens with zero attached hydrogens (tertiary/aromatic N) is 1. The highest BCUT2D eigenvalue weighted by Gasteiger charge is 2.41. The van der Waals surface area contributed by atoms with Crippen molar-refractivity contribution < 1.29 is 22.6 Å². The van der Waals surface area contributed by atoms with Crippen molar-refractivity contribution in [2.45, 2.75) is 32.2 Å². The van der Waals surface area contributed by atoms with Gasteiger partial charge in [-0.05, 0) is 59.1 Å². The Morgan fingerprint density at radius 1 is 1.07 bits per heavy atom. The summed E-state index contributed by atoms with van der Waals surface area (Å²) in [6.45, 7) is 1.83. The molecular formula is C21H23BrF3NO2. The van der Waals surface area contributed by atoms with Crippen molar-refractivity contribution in [2.24, 2.45) is 5.92 Å². The molecule has 0 aliphatic carbocycles. The molecule has 2 aromatic rings. The van der Waals surface area contributed by atoms with Crippen molar-refractivity contribution in [3.63, 3.8) is 0 Å². The summed E-state index contributed by atoms with van der Waals surface area (Å²) in [5.41, 5.74) is 2.00. The van der Waals surface area contributed by atoms with Crippen LogP contribution < -0.4 is 9.47 Å². The van der Waals surface area contributed by atoms with Crippen LogP contribution in [0.25, 0.3) is 0 Å². The summed E-state index contributed by atoms with van der Waals surface area (Å²) >= 11 is 3.61. The molecule has 3 nitrogen and oxygen atoms in total. The average Bonchev–Trinajstić information content (AvgIpc) is 2.69. The summed E-state index contributed by atoms with van der Waals surface area (Å²) < 4.78 is 50.8. The Kier molecular flexibility index (Phi) is 6.88. The molecule has 0 amide bonds. The monoisotopic (exact) mass is 457 g/mol. The zero-order valence-corrected chi connectivity index (χ0v) is 17.2. The summed E-state index contributed by atoms with van der Waals surface area (Å²) in [4.78, 5) is 2.05. The molecule has 0 spiro atoms.